The minimum absolute atomic E-state index is 0.0357. The van der Waals surface area contributed by atoms with E-state index < -0.39 is 0 Å². The second-order valence-electron chi connectivity index (χ2n) is 8.11. The zero-order valence-corrected chi connectivity index (χ0v) is 19.5. The van der Waals surface area contributed by atoms with E-state index in [1.165, 1.54) is 17.6 Å². The molecule has 6 rings (SSSR count). The Morgan fingerprint density at radius 1 is 1.03 bits per heavy atom. The predicted octanol–water partition coefficient (Wildman–Crippen LogP) is 4.49. The van der Waals surface area contributed by atoms with Gasteiger partial charge < -0.3 is 0 Å². The van der Waals surface area contributed by atoms with Gasteiger partial charge in [0.25, 0.3) is 5.56 Å². The van der Waals surface area contributed by atoms with E-state index in [9.17, 15) is 9.18 Å². The van der Waals surface area contributed by atoms with Crippen molar-refractivity contribution < 1.29 is 4.39 Å². The van der Waals surface area contributed by atoms with Crippen molar-refractivity contribution in [3.8, 4) is 17.5 Å². The molecule has 3 aromatic carbocycles. The topological polar surface area (TPSA) is 65.1 Å². The van der Waals surface area contributed by atoms with Crippen molar-refractivity contribution in [2.24, 2.45) is 4.99 Å². The summed E-state index contributed by atoms with van der Waals surface area (Å²) in [5.74, 6) is 7.36. The van der Waals surface area contributed by atoms with E-state index >= 15 is 0 Å². The highest BCUT2D eigenvalue weighted by Gasteiger charge is 2.23. The largest absolute Gasteiger partial charge is 0.281 e. The van der Waals surface area contributed by atoms with E-state index in [2.05, 4.69) is 22.0 Å². The van der Waals surface area contributed by atoms with Crippen molar-refractivity contribution >= 4 is 27.3 Å². The minimum Gasteiger partial charge on any atom is -0.281 e. The summed E-state index contributed by atoms with van der Waals surface area (Å²) in [6.07, 6.45) is 0. The summed E-state index contributed by atoms with van der Waals surface area (Å²) in [6.45, 7) is 2.46. The highest BCUT2D eigenvalue weighted by molar-refractivity contribution is 7.13. The van der Waals surface area contributed by atoms with Crippen molar-refractivity contribution in [3.05, 3.63) is 111 Å². The predicted molar refractivity (Wildman–Crippen MR) is 135 cm³/mol. The molecule has 1 aliphatic heterocycles. The molecule has 35 heavy (non-hydrogen) atoms. The van der Waals surface area contributed by atoms with Crippen molar-refractivity contribution in [2.75, 3.05) is 0 Å². The van der Waals surface area contributed by atoms with Crippen LogP contribution in [-0.2, 0) is 13.1 Å². The average Bonchev–Trinajstić information content (AvgIpc) is 3.34. The van der Waals surface area contributed by atoms with Crippen molar-refractivity contribution in [2.45, 2.75) is 20.0 Å². The lowest BCUT2D eigenvalue weighted by Gasteiger charge is -2.13. The van der Waals surface area contributed by atoms with Gasteiger partial charge in [-0.1, -0.05) is 47.6 Å². The first-order valence-corrected chi connectivity index (χ1v) is 11.8. The fourth-order valence-corrected chi connectivity index (χ4v) is 5.21. The fourth-order valence-electron chi connectivity index (χ4n) is 4.27. The van der Waals surface area contributed by atoms with Gasteiger partial charge in [0.2, 0.25) is 0 Å². The molecule has 8 heteroatoms. The molecule has 0 atom stereocenters. The normalized spacial score (nSPS) is 12.3. The van der Waals surface area contributed by atoms with Crippen LogP contribution in [0.15, 0.2) is 76.5 Å². The Bertz CT molecular complexity index is 1770. The quantitative estimate of drug-likeness (QED) is 0.351. The summed E-state index contributed by atoms with van der Waals surface area (Å²) < 4.78 is 19.3. The van der Waals surface area contributed by atoms with Gasteiger partial charge in [-0.2, -0.15) is 0 Å². The summed E-state index contributed by atoms with van der Waals surface area (Å²) in [4.78, 5) is 17.3. The van der Waals surface area contributed by atoms with Gasteiger partial charge in [-0.25, -0.2) is 4.39 Å². The first kappa shape index (κ1) is 21.2. The zero-order valence-electron chi connectivity index (χ0n) is 18.7. The number of aliphatic imine (C=N–C) groups is 1. The Kier molecular flexibility index (Phi) is 5.12. The molecular weight excluding hydrogens is 461 g/mol. The third-order valence-corrected chi connectivity index (χ3v) is 6.97. The number of halogens is 1. The smallest absolute Gasteiger partial charge is 0.269 e. The summed E-state index contributed by atoms with van der Waals surface area (Å²) in [7, 11) is 0. The van der Waals surface area contributed by atoms with Crippen molar-refractivity contribution in [1.29, 1.82) is 0 Å². The molecule has 0 saturated carbocycles. The van der Waals surface area contributed by atoms with Gasteiger partial charge in [0, 0.05) is 16.7 Å². The Morgan fingerprint density at radius 3 is 2.71 bits per heavy atom. The number of rotatable bonds is 2. The van der Waals surface area contributed by atoms with E-state index in [0.29, 0.717) is 22.5 Å². The first-order valence-electron chi connectivity index (χ1n) is 11.0. The van der Waals surface area contributed by atoms with Gasteiger partial charge in [-0.3, -0.25) is 18.3 Å². The van der Waals surface area contributed by atoms with Crippen LogP contribution >= 0.6 is 11.5 Å². The zero-order chi connectivity index (χ0) is 23.9. The van der Waals surface area contributed by atoms with Crippen LogP contribution in [0.1, 0.15) is 28.3 Å². The van der Waals surface area contributed by atoms with Gasteiger partial charge in [0.1, 0.15) is 18.2 Å². The highest BCUT2D eigenvalue weighted by Crippen LogP contribution is 2.27. The molecule has 5 aromatic rings. The second-order valence-corrected chi connectivity index (χ2v) is 9.17. The summed E-state index contributed by atoms with van der Waals surface area (Å²) in [6, 6.07) is 19.9. The van der Waals surface area contributed by atoms with Crippen molar-refractivity contribution in [3.63, 3.8) is 0 Å². The van der Waals surface area contributed by atoms with Crippen LogP contribution in [0.3, 0.4) is 0 Å². The van der Waals surface area contributed by atoms with E-state index in [1.807, 2.05) is 54.0 Å². The Balaban J connectivity index is 1.43. The molecule has 0 N–H and O–H groups in total. The molecule has 0 aliphatic carbocycles. The molecule has 3 heterocycles. The number of fused-ring (bicyclic) bond motifs is 4. The van der Waals surface area contributed by atoms with Gasteiger partial charge in [-0.15, -0.1) is 10.2 Å². The lowest BCUT2D eigenvalue weighted by atomic mass is 9.98. The molecule has 0 spiro atoms. The Hall–Kier alpha value is -4.35. The summed E-state index contributed by atoms with van der Waals surface area (Å²) in [5, 5.41) is 9.15. The molecular formula is C27H18FN5OS. The minimum atomic E-state index is -0.341. The second kappa shape index (κ2) is 8.46. The van der Waals surface area contributed by atoms with Gasteiger partial charge >= 0.3 is 0 Å². The van der Waals surface area contributed by atoms with Crippen LogP contribution in [0.25, 0.3) is 15.8 Å². The third-order valence-electron chi connectivity index (χ3n) is 5.90. The Morgan fingerprint density at radius 2 is 1.86 bits per heavy atom. The van der Waals surface area contributed by atoms with Crippen molar-refractivity contribution in [1.82, 2.24) is 18.7 Å². The third kappa shape index (κ3) is 3.66. The molecule has 0 unspecified atom stereocenters. The van der Waals surface area contributed by atoms with Gasteiger partial charge in [0.05, 0.1) is 28.0 Å². The number of hydrogen-bond donors (Lipinski definition) is 0. The molecule has 1 aliphatic rings. The lowest BCUT2D eigenvalue weighted by molar-refractivity contribution is 0.625. The SMILES string of the molecule is Cc1nnc2n1-c1ccc(C#CCn3sc4ccccc4c3=O)cc1C(c1ccccc1F)=NC2. The van der Waals surface area contributed by atoms with Crippen LogP contribution in [-0.4, -0.2) is 24.4 Å². The molecule has 0 bridgehead atoms. The maximum Gasteiger partial charge on any atom is 0.269 e. The summed E-state index contributed by atoms with van der Waals surface area (Å²) >= 11 is 1.40. The van der Waals surface area contributed by atoms with Crippen LogP contribution in [0.5, 0.6) is 0 Å². The standard InChI is InChI=1S/C27H18FN5OS/c1-17-30-31-25-16-29-26(19-8-2-4-10-22(19)28)21-15-18(12-13-23(21)33(17)25)7-6-14-32-27(34)20-9-3-5-11-24(20)35-32/h2-5,8-13,15H,14,16H2,1H3. The maximum absolute atomic E-state index is 14.8. The van der Waals surface area contributed by atoms with E-state index in [0.717, 1.165) is 27.3 Å². The molecule has 0 radical (unpaired) electrons. The van der Waals surface area contributed by atoms with E-state index in [1.54, 1.807) is 22.2 Å². The van der Waals surface area contributed by atoms with Crippen LogP contribution < -0.4 is 5.56 Å². The van der Waals surface area contributed by atoms with E-state index in [-0.39, 0.29) is 24.5 Å². The van der Waals surface area contributed by atoms with Crippen LogP contribution in [0.4, 0.5) is 4.39 Å². The number of nitrogens with zero attached hydrogens (tertiary/aromatic N) is 5. The average molecular weight is 480 g/mol. The fraction of sp³-hybridized carbons (Fsp3) is 0.111. The molecule has 0 amide bonds. The molecule has 0 fully saturated rings. The molecule has 170 valence electrons. The molecule has 6 nitrogen and oxygen atoms in total. The first-order chi connectivity index (χ1) is 17.1. The van der Waals surface area contributed by atoms with Gasteiger partial charge in [-0.05, 0) is 49.4 Å². The number of aromatic nitrogens is 4. The highest BCUT2D eigenvalue weighted by atomic mass is 32.1. The lowest BCUT2D eigenvalue weighted by Crippen LogP contribution is -2.12. The number of benzene rings is 3. The number of hydrogen-bond acceptors (Lipinski definition) is 5. The monoisotopic (exact) mass is 479 g/mol. The molecule has 0 saturated heterocycles. The van der Waals surface area contributed by atoms with Crippen LogP contribution in [0.2, 0.25) is 0 Å². The Labute approximate surface area is 204 Å². The maximum atomic E-state index is 14.8. The van der Waals surface area contributed by atoms with E-state index in [4.69, 9.17) is 4.99 Å². The number of aryl methyl sites for hydroxylation is 1. The summed E-state index contributed by atoms with van der Waals surface area (Å²) in [5.41, 5.74) is 3.26. The van der Waals surface area contributed by atoms with Crippen LogP contribution in [0, 0.1) is 24.6 Å². The molecule has 2 aromatic heterocycles. The van der Waals surface area contributed by atoms with Gasteiger partial charge in [0.15, 0.2) is 5.82 Å².